The first-order chi connectivity index (χ1) is 9.97. The fraction of sp³-hybridized carbons (Fsp3) is 0.200. The highest BCUT2D eigenvalue weighted by Gasteiger charge is 2.15. The number of hydrogen-bond donors (Lipinski definition) is 3. The third-order valence-corrected chi connectivity index (χ3v) is 2.89. The lowest BCUT2D eigenvalue weighted by Crippen LogP contribution is -2.21. The van der Waals surface area contributed by atoms with Crippen LogP contribution in [-0.4, -0.2) is 28.6 Å². The Morgan fingerprint density at radius 3 is 2.67 bits per heavy atom. The average molecular weight is 288 g/mol. The van der Waals surface area contributed by atoms with Crippen LogP contribution in [0.3, 0.4) is 0 Å². The maximum absolute atomic E-state index is 11.8. The van der Waals surface area contributed by atoms with Gasteiger partial charge in [-0.25, -0.2) is 4.79 Å². The van der Waals surface area contributed by atoms with Crippen LogP contribution in [0.1, 0.15) is 21.7 Å². The van der Waals surface area contributed by atoms with Gasteiger partial charge in [-0.1, -0.05) is 18.2 Å². The standard InChI is InChI=1S/C15H16N2O4/c1-9-5-3-4-6-12(9)21-8-13(18)17-11-7-10(2)16-14(11)15(19)20/h3-7,16H,8H2,1-2H3,(H,17,18)(H,19,20). The summed E-state index contributed by atoms with van der Waals surface area (Å²) in [5.74, 6) is -0.922. The first-order valence-electron chi connectivity index (χ1n) is 6.38. The largest absolute Gasteiger partial charge is 0.483 e. The number of anilines is 1. The van der Waals surface area contributed by atoms with E-state index in [1.807, 2.05) is 25.1 Å². The number of carboxylic acids is 1. The molecule has 0 bridgehead atoms. The summed E-state index contributed by atoms with van der Waals surface area (Å²) in [6.07, 6.45) is 0. The minimum atomic E-state index is -1.13. The minimum absolute atomic E-state index is 0.0447. The van der Waals surface area contributed by atoms with Gasteiger partial charge in [-0.2, -0.15) is 0 Å². The lowest BCUT2D eigenvalue weighted by molar-refractivity contribution is -0.118. The molecule has 1 heterocycles. The number of H-pyrrole nitrogens is 1. The van der Waals surface area contributed by atoms with Crippen LogP contribution in [0.4, 0.5) is 5.69 Å². The smallest absolute Gasteiger partial charge is 0.354 e. The number of aromatic carboxylic acids is 1. The van der Waals surface area contributed by atoms with Gasteiger partial charge in [0.05, 0.1) is 5.69 Å². The van der Waals surface area contributed by atoms with E-state index in [4.69, 9.17) is 9.84 Å². The molecule has 6 heteroatoms. The van der Waals surface area contributed by atoms with Crippen molar-refractivity contribution in [3.05, 3.63) is 47.3 Å². The predicted molar refractivity (Wildman–Crippen MR) is 77.8 cm³/mol. The van der Waals surface area contributed by atoms with Crippen molar-refractivity contribution >= 4 is 17.6 Å². The first-order valence-corrected chi connectivity index (χ1v) is 6.38. The van der Waals surface area contributed by atoms with Gasteiger partial charge in [-0.15, -0.1) is 0 Å². The van der Waals surface area contributed by atoms with Crippen LogP contribution >= 0.6 is 0 Å². The molecule has 0 spiro atoms. The Morgan fingerprint density at radius 1 is 1.29 bits per heavy atom. The molecule has 0 radical (unpaired) electrons. The maximum atomic E-state index is 11.8. The quantitative estimate of drug-likeness (QED) is 0.787. The molecule has 0 aliphatic carbocycles. The summed E-state index contributed by atoms with van der Waals surface area (Å²) in [7, 11) is 0. The van der Waals surface area contributed by atoms with Gasteiger partial charge in [0.2, 0.25) is 0 Å². The van der Waals surface area contributed by atoms with Crippen LogP contribution < -0.4 is 10.1 Å². The maximum Gasteiger partial charge on any atom is 0.354 e. The van der Waals surface area contributed by atoms with Crippen LogP contribution in [-0.2, 0) is 4.79 Å². The molecule has 1 aromatic carbocycles. The van der Waals surface area contributed by atoms with E-state index in [9.17, 15) is 9.59 Å². The van der Waals surface area contributed by atoms with E-state index in [0.717, 1.165) is 5.56 Å². The van der Waals surface area contributed by atoms with E-state index in [1.54, 1.807) is 19.1 Å². The molecule has 0 aliphatic heterocycles. The third kappa shape index (κ3) is 3.62. The van der Waals surface area contributed by atoms with Gasteiger partial charge in [0, 0.05) is 5.69 Å². The minimum Gasteiger partial charge on any atom is -0.483 e. The van der Waals surface area contributed by atoms with Crippen molar-refractivity contribution in [1.82, 2.24) is 4.98 Å². The van der Waals surface area contributed by atoms with Crippen molar-refractivity contribution in [2.45, 2.75) is 13.8 Å². The lowest BCUT2D eigenvalue weighted by atomic mass is 10.2. The fourth-order valence-electron chi connectivity index (χ4n) is 1.90. The molecular formula is C15H16N2O4. The molecule has 0 fully saturated rings. The molecule has 2 aromatic rings. The van der Waals surface area contributed by atoms with Crippen LogP contribution in [0.15, 0.2) is 30.3 Å². The van der Waals surface area contributed by atoms with Crippen molar-refractivity contribution in [3.8, 4) is 5.75 Å². The second-order valence-electron chi connectivity index (χ2n) is 4.65. The number of amides is 1. The molecule has 0 aliphatic rings. The Balaban J connectivity index is 1.99. The fourth-order valence-corrected chi connectivity index (χ4v) is 1.90. The summed E-state index contributed by atoms with van der Waals surface area (Å²) in [5.41, 5.74) is 1.77. The Morgan fingerprint density at radius 2 is 2.00 bits per heavy atom. The van der Waals surface area contributed by atoms with Gasteiger partial charge >= 0.3 is 5.97 Å². The summed E-state index contributed by atoms with van der Waals surface area (Å²) < 4.78 is 5.41. The van der Waals surface area contributed by atoms with Crippen molar-refractivity contribution in [3.63, 3.8) is 0 Å². The van der Waals surface area contributed by atoms with E-state index in [0.29, 0.717) is 11.4 Å². The molecule has 6 nitrogen and oxygen atoms in total. The molecule has 0 saturated heterocycles. The highest BCUT2D eigenvalue weighted by molar-refractivity contribution is 6.00. The number of nitrogens with one attached hydrogen (secondary N) is 2. The van der Waals surface area contributed by atoms with Crippen molar-refractivity contribution in [2.24, 2.45) is 0 Å². The topological polar surface area (TPSA) is 91.4 Å². The number of ether oxygens (including phenoxy) is 1. The Kier molecular flexibility index (Phi) is 4.27. The monoisotopic (exact) mass is 288 g/mol. The van der Waals surface area contributed by atoms with Crippen molar-refractivity contribution in [2.75, 3.05) is 11.9 Å². The van der Waals surface area contributed by atoms with Gasteiger partial charge in [0.25, 0.3) is 5.91 Å². The molecule has 2 rings (SSSR count). The van der Waals surface area contributed by atoms with Gasteiger partial charge in [0.1, 0.15) is 11.4 Å². The summed E-state index contributed by atoms with van der Waals surface area (Å²) in [4.78, 5) is 25.5. The second kappa shape index (κ2) is 6.13. The summed E-state index contributed by atoms with van der Waals surface area (Å²) in [6, 6.07) is 8.91. The Bertz CT molecular complexity index is 676. The lowest BCUT2D eigenvalue weighted by Gasteiger charge is -2.09. The zero-order valence-corrected chi connectivity index (χ0v) is 11.8. The SMILES string of the molecule is Cc1cc(NC(=O)COc2ccccc2C)c(C(=O)O)[nH]1. The molecule has 0 saturated carbocycles. The number of benzene rings is 1. The molecule has 21 heavy (non-hydrogen) atoms. The summed E-state index contributed by atoms with van der Waals surface area (Å²) in [6.45, 7) is 3.41. The number of aromatic amines is 1. The van der Waals surface area contributed by atoms with Crippen LogP contribution in [0.25, 0.3) is 0 Å². The Labute approximate surface area is 121 Å². The van der Waals surface area contributed by atoms with E-state index in [-0.39, 0.29) is 18.0 Å². The van der Waals surface area contributed by atoms with Gasteiger partial charge in [0.15, 0.2) is 6.61 Å². The zero-order chi connectivity index (χ0) is 15.4. The first kappa shape index (κ1) is 14.6. The zero-order valence-electron chi connectivity index (χ0n) is 11.8. The molecule has 3 N–H and O–H groups in total. The van der Waals surface area contributed by atoms with E-state index >= 15 is 0 Å². The second-order valence-corrected chi connectivity index (χ2v) is 4.65. The van der Waals surface area contributed by atoms with E-state index in [1.165, 1.54) is 0 Å². The Hall–Kier alpha value is -2.76. The number of rotatable bonds is 5. The third-order valence-electron chi connectivity index (χ3n) is 2.89. The predicted octanol–water partition coefficient (Wildman–Crippen LogP) is 2.35. The molecule has 0 atom stereocenters. The molecule has 1 amide bonds. The number of aryl methyl sites for hydroxylation is 2. The number of aromatic nitrogens is 1. The van der Waals surface area contributed by atoms with Crippen LogP contribution in [0.2, 0.25) is 0 Å². The normalized spacial score (nSPS) is 10.2. The number of carbonyl (C=O) groups excluding carboxylic acids is 1. The number of para-hydroxylation sites is 1. The average Bonchev–Trinajstić information content (AvgIpc) is 2.79. The van der Waals surface area contributed by atoms with Gasteiger partial charge in [-0.05, 0) is 31.5 Å². The molecule has 1 aromatic heterocycles. The number of hydrogen-bond acceptors (Lipinski definition) is 3. The van der Waals surface area contributed by atoms with Crippen molar-refractivity contribution in [1.29, 1.82) is 0 Å². The van der Waals surface area contributed by atoms with Gasteiger partial charge < -0.3 is 20.1 Å². The number of carboxylic acid groups (broad SMARTS) is 1. The van der Waals surface area contributed by atoms with E-state index in [2.05, 4.69) is 10.3 Å². The van der Waals surface area contributed by atoms with Crippen LogP contribution in [0.5, 0.6) is 5.75 Å². The van der Waals surface area contributed by atoms with Crippen molar-refractivity contribution < 1.29 is 19.4 Å². The summed E-state index contributed by atoms with van der Waals surface area (Å²) >= 11 is 0. The highest BCUT2D eigenvalue weighted by atomic mass is 16.5. The number of carbonyl (C=O) groups is 2. The highest BCUT2D eigenvalue weighted by Crippen LogP contribution is 2.18. The van der Waals surface area contributed by atoms with E-state index < -0.39 is 11.9 Å². The molecule has 0 unspecified atom stereocenters. The van der Waals surface area contributed by atoms with Gasteiger partial charge in [-0.3, -0.25) is 4.79 Å². The molecular weight excluding hydrogens is 272 g/mol. The molecule has 110 valence electrons. The van der Waals surface area contributed by atoms with Crippen LogP contribution in [0, 0.1) is 13.8 Å². The summed E-state index contributed by atoms with van der Waals surface area (Å²) in [5, 5.41) is 11.5.